The average Bonchev–Trinajstić information content (AvgIpc) is 2.16. The van der Waals surface area contributed by atoms with Gasteiger partial charge in [-0.1, -0.05) is 18.2 Å². The summed E-state index contributed by atoms with van der Waals surface area (Å²) in [5.74, 6) is 0.00745. The summed E-state index contributed by atoms with van der Waals surface area (Å²) in [6, 6.07) is 8.27. The quantitative estimate of drug-likeness (QED) is 0.720. The fraction of sp³-hybridized carbons (Fsp3) is 0.333. The molecule has 13 heavy (non-hydrogen) atoms. The van der Waals surface area contributed by atoms with Gasteiger partial charge in [-0.05, 0) is 18.6 Å². The van der Waals surface area contributed by atoms with Crippen LogP contribution in [0.2, 0.25) is 0 Å². The second-order valence-electron chi connectivity index (χ2n) is 2.71. The van der Waals surface area contributed by atoms with Crippen molar-refractivity contribution in [3.8, 4) is 0 Å². The number of nitrogens with zero attached hydrogens (tertiary/aromatic N) is 1. The van der Waals surface area contributed by atoms with Gasteiger partial charge in [0.2, 0.25) is 0 Å². The molecule has 0 saturated heterocycles. The Hall–Kier alpha value is -0.870. The summed E-state index contributed by atoms with van der Waals surface area (Å²) in [6.45, 7) is -0.0912. The summed E-state index contributed by atoms with van der Waals surface area (Å²) in [4.78, 5) is 0.323. The minimum absolute atomic E-state index is 0.00745. The molecule has 0 aliphatic heterocycles. The van der Waals surface area contributed by atoms with Crippen LogP contribution in [0.25, 0.3) is 0 Å². The van der Waals surface area contributed by atoms with Crippen LogP contribution < -0.4 is 5.73 Å². The van der Waals surface area contributed by atoms with Gasteiger partial charge in [-0.25, -0.2) is 8.42 Å². The molecular weight excluding hydrogens is 186 g/mol. The Balaban J connectivity index is 2.83. The molecule has 0 unspecified atom stereocenters. The summed E-state index contributed by atoms with van der Waals surface area (Å²) in [6.07, 6.45) is 0.289. The maximum atomic E-state index is 11.5. The van der Waals surface area contributed by atoms with Crippen LogP contribution in [0.1, 0.15) is 6.42 Å². The molecule has 2 radical (unpaired) electrons. The van der Waals surface area contributed by atoms with Gasteiger partial charge in [0, 0.05) is 6.54 Å². The zero-order chi connectivity index (χ0) is 9.73. The molecule has 0 N–H and O–H groups in total. The molecule has 0 amide bonds. The molecule has 0 spiro atoms. The van der Waals surface area contributed by atoms with E-state index in [-0.39, 0.29) is 18.7 Å². The summed E-state index contributed by atoms with van der Waals surface area (Å²) >= 11 is 0. The van der Waals surface area contributed by atoms with Crippen molar-refractivity contribution < 1.29 is 8.42 Å². The number of benzene rings is 1. The Morgan fingerprint density at radius 3 is 2.31 bits per heavy atom. The van der Waals surface area contributed by atoms with Crippen molar-refractivity contribution in [1.82, 2.24) is 5.73 Å². The van der Waals surface area contributed by atoms with Gasteiger partial charge in [0.15, 0.2) is 9.84 Å². The van der Waals surface area contributed by atoms with Crippen LogP contribution in [0.4, 0.5) is 0 Å². The van der Waals surface area contributed by atoms with Crippen molar-refractivity contribution in [2.24, 2.45) is 0 Å². The van der Waals surface area contributed by atoms with Crippen molar-refractivity contribution in [3.63, 3.8) is 0 Å². The number of hydrogen-bond acceptors (Lipinski definition) is 2. The van der Waals surface area contributed by atoms with E-state index in [0.29, 0.717) is 4.90 Å². The first-order valence-electron chi connectivity index (χ1n) is 4.05. The van der Waals surface area contributed by atoms with Crippen LogP contribution in [-0.2, 0) is 9.84 Å². The molecule has 0 atom stereocenters. The third kappa shape index (κ3) is 2.82. The fourth-order valence-corrected chi connectivity index (χ4v) is 2.32. The first-order chi connectivity index (χ1) is 6.17. The van der Waals surface area contributed by atoms with Gasteiger partial charge in [-0.2, -0.15) is 0 Å². The van der Waals surface area contributed by atoms with Gasteiger partial charge in [0.1, 0.15) is 0 Å². The summed E-state index contributed by atoms with van der Waals surface area (Å²) < 4.78 is 23.0. The maximum absolute atomic E-state index is 11.5. The molecule has 0 aromatic heterocycles. The molecule has 0 heterocycles. The van der Waals surface area contributed by atoms with E-state index in [1.165, 1.54) is 0 Å². The Morgan fingerprint density at radius 2 is 1.77 bits per heavy atom. The SMILES string of the molecule is [N]CCCS(=O)(=O)c1ccccc1. The Bertz CT molecular complexity index is 345. The molecule has 0 aliphatic carbocycles. The molecule has 1 aromatic rings. The smallest absolute Gasteiger partial charge is 0.178 e. The van der Waals surface area contributed by atoms with Gasteiger partial charge >= 0.3 is 0 Å². The third-order valence-electron chi connectivity index (χ3n) is 1.67. The molecule has 0 aliphatic rings. The van der Waals surface area contributed by atoms with E-state index in [1.54, 1.807) is 30.3 Å². The van der Waals surface area contributed by atoms with Gasteiger partial charge in [0.25, 0.3) is 0 Å². The predicted molar refractivity (Wildman–Crippen MR) is 50.1 cm³/mol. The van der Waals surface area contributed by atoms with Crippen molar-refractivity contribution in [1.29, 1.82) is 0 Å². The minimum Gasteiger partial charge on any atom is -0.224 e. The monoisotopic (exact) mass is 197 g/mol. The second kappa shape index (κ2) is 4.39. The van der Waals surface area contributed by atoms with Crippen LogP contribution in [-0.4, -0.2) is 20.7 Å². The largest absolute Gasteiger partial charge is 0.224 e. The zero-order valence-electron chi connectivity index (χ0n) is 7.18. The van der Waals surface area contributed by atoms with Crippen LogP contribution in [0.5, 0.6) is 0 Å². The van der Waals surface area contributed by atoms with Gasteiger partial charge in [-0.3, -0.25) is 0 Å². The molecular formula is C9H11NO2S. The van der Waals surface area contributed by atoms with Crippen molar-refractivity contribution in [2.45, 2.75) is 11.3 Å². The molecule has 3 nitrogen and oxygen atoms in total. The van der Waals surface area contributed by atoms with E-state index in [0.717, 1.165) is 0 Å². The second-order valence-corrected chi connectivity index (χ2v) is 4.82. The highest BCUT2D eigenvalue weighted by molar-refractivity contribution is 7.91. The van der Waals surface area contributed by atoms with Gasteiger partial charge in [-0.15, -0.1) is 5.73 Å². The summed E-state index contributed by atoms with van der Waals surface area (Å²) in [5, 5.41) is 0. The minimum atomic E-state index is -3.18. The summed E-state index contributed by atoms with van der Waals surface area (Å²) in [5.41, 5.74) is 8.51. The maximum Gasteiger partial charge on any atom is 0.178 e. The van der Waals surface area contributed by atoms with E-state index >= 15 is 0 Å². The average molecular weight is 197 g/mol. The number of hydrogen-bond donors (Lipinski definition) is 0. The Kier molecular flexibility index (Phi) is 3.45. The zero-order valence-corrected chi connectivity index (χ0v) is 8.00. The van der Waals surface area contributed by atoms with E-state index in [1.807, 2.05) is 0 Å². The Labute approximate surface area is 78.5 Å². The van der Waals surface area contributed by atoms with E-state index in [9.17, 15) is 8.42 Å². The van der Waals surface area contributed by atoms with Crippen LogP contribution in [0.15, 0.2) is 35.2 Å². The van der Waals surface area contributed by atoms with Crippen LogP contribution in [0, 0.1) is 0 Å². The lowest BCUT2D eigenvalue weighted by atomic mass is 10.4. The molecule has 4 heteroatoms. The standard InChI is InChI=1S/C9H11NO2S/c10-7-4-8-13(11,12)9-5-2-1-3-6-9/h1-3,5-6H,4,7-8H2. The van der Waals surface area contributed by atoms with E-state index < -0.39 is 9.84 Å². The molecule has 70 valence electrons. The third-order valence-corrected chi connectivity index (χ3v) is 3.49. The first-order valence-corrected chi connectivity index (χ1v) is 5.71. The van der Waals surface area contributed by atoms with Gasteiger partial charge < -0.3 is 0 Å². The summed E-state index contributed by atoms with van der Waals surface area (Å²) in [7, 11) is -3.18. The highest BCUT2D eigenvalue weighted by atomic mass is 32.2. The predicted octanol–water partition coefficient (Wildman–Crippen LogP) is 0.919. The Morgan fingerprint density at radius 1 is 1.15 bits per heavy atom. The molecule has 0 bridgehead atoms. The normalized spacial score (nSPS) is 11.5. The van der Waals surface area contributed by atoms with Crippen molar-refractivity contribution >= 4 is 9.84 Å². The fourth-order valence-electron chi connectivity index (χ4n) is 1.00. The number of rotatable bonds is 4. The van der Waals surface area contributed by atoms with Gasteiger partial charge in [0.05, 0.1) is 10.6 Å². The molecule has 0 fully saturated rings. The topological polar surface area (TPSA) is 56.4 Å². The van der Waals surface area contributed by atoms with Crippen LogP contribution in [0.3, 0.4) is 0 Å². The highest BCUT2D eigenvalue weighted by Gasteiger charge is 2.12. The van der Waals surface area contributed by atoms with Crippen molar-refractivity contribution in [3.05, 3.63) is 30.3 Å². The van der Waals surface area contributed by atoms with Crippen LogP contribution >= 0.6 is 0 Å². The van der Waals surface area contributed by atoms with E-state index in [4.69, 9.17) is 5.73 Å². The first kappa shape index (κ1) is 10.2. The number of sulfone groups is 1. The molecule has 0 saturated carbocycles. The highest BCUT2D eigenvalue weighted by Crippen LogP contribution is 2.10. The lowest BCUT2D eigenvalue weighted by Crippen LogP contribution is -2.08. The lowest BCUT2D eigenvalue weighted by molar-refractivity contribution is 0.593. The van der Waals surface area contributed by atoms with Crippen molar-refractivity contribution in [2.75, 3.05) is 12.3 Å². The molecule has 1 rings (SSSR count). The molecule has 1 aromatic carbocycles. The lowest BCUT2D eigenvalue weighted by Gasteiger charge is -2.01. The van der Waals surface area contributed by atoms with E-state index in [2.05, 4.69) is 0 Å².